The number of rotatable bonds is 9. The van der Waals surface area contributed by atoms with Gasteiger partial charge in [-0.3, -0.25) is 4.79 Å². The molecule has 43 heavy (non-hydrogen) atoms. The van der Waals surface area contributed by atoms with Crippen molar-refractivity contribution in [2.24, 2.45) is 17.0 Å². The van der Waals surface area contributed by atoms with Crippen LogP contribution in [-0.4, -0.2) is 43.6 Å². The number of carbonyl (C=O) groups excluding carboxylic acids is 1. The largest absolute Gasteiger partial charge is 0.497 e. The van der Waals surface area contributed by atoms with Gasteiger partial charge < -0.3 is 20.0 Å². The number of nitrogens with one attached hydrogen (secondary N) is 1. The van der Waals surface area contributed by atoms with E-state index in [1.54, 1.807) is 19.2 Å². The van der Waals surface area contributed by atoms with E-state index < -0.39 is 55.9 Å². The van der Waals surface area contributed by atoms with Crippen LogP contribution in [0.15, 0.2) is 64.6 Å². The van der Waals surface area contributed by atoms with Crippen molar-refractivity contribution in [1.29, 1.82) is 0 Å². The molecule has 1 amide bonds. The van der Waals surface area contributed by atoms with Gasteiger partial charge in [-0.05, 0) is 73.4 Å². The van der Waals surface area contributed by atoms with Crippen LogP contribution >= 0.6 is 11.6 Å². The summed E-state index contributed by atoms with van der Waals surface area (Å²) in [5.74, 6) is -5.67. The molecule has 1 unspecified atom stereocenters. The third-order valence-corrected chi connectivity index (χ3v) is 10.8. The van der Waals surface area contributed by atoms with Crippen LogP contribution in [0.4, 0.5) is 18.9 Å². The molecule has 228 valence electrons. The fraction of sp³-hybridized carbons (Fsp3) is 0.333. The second-order valence-corrected chi connectivity index (χ2v) is 13.3. The normalized spacial score (nSPS) is 23.3. The number of hydrogen-bond donors (Lipinski definition) is 2. The third-order valence-electron chi connectivity index (χ3n) is 7.90. The van der Waals surface area contributed by atoms with Gasteiger partial charge in [0.15, 0.2) is 27.3 Å². The number of sulfone groups is 1. The Morgan fingerprint density at radius 3 is 2.42 bits per heavy atom. The Morgan fingerprint density at radius 1 is 1.09 bits per heavy atom. The molecule has 0 radical (unpaired) electrons. The molecule has 0 saturated heterocycles. The molecule has 3 aromatic carbocycles. The second kappa shape index (κ2) is 12.2. The molecule has 2 N–H and O–H groups in total. The lowest BCUT2D eigenvalue weighted by Gasteiger charge is -2.38. The summed E-state index contributed by atoms with van der Waals surface area (Å²) < 4.78 is 73.4. The maximum atomic E-state index is 13.9. The number of oxime groups is 1. The number of benzene rings is 3. The van der Waals surface area contributed by atoms with Crippen LogP contribution in [-0.2, 0) is 21.3 Å². The molecule has 2 aliphatic carbocycles. The first-order valence-electron chi connectivity index (χ1n) is 13.4. The van der Waals surface area contributed by atoms with Crippen molar-refractivity contribution in [3.05, 3.63) is 88.2 Å². The summed E-state index contributed by atoms with van der Waals surface area (Å²) in [6.45, 7) is 0.154. The first-order valence-corrected chi connectivity index (χ1v) is 15.3. The van der Waals surface area contributed by atoms with Crippen LogP contribution in [0.2, 0.25) is 5.02 Å². The Morgan fingerprint density at radius 2 is 1.77 bits per heavy atom. The first kappa shape index (κ1) is 30.8. The predicted octanol–water partition coefficient (Wildman–Crippen LogP) is 5.91. The lowest BCUT2D eigenvalue weighted by molar-refractivity contribution is 0.0410. The molecule has 0 heterocycles. The van der Waals surface area contributed by atoms with Gasteiger partial charge in [0.1, 0.15) is 18.0 Å². The van der Waals surface area contributed by atoms with Crippen molar-refractivity contribution in [1.82, 2.24) is 0 Å². The van der Waals surface area contributed by atoms with E-state index in [1.807, 2.05) is 12.1 Å². The Bertz CT molecular complexity index is 1650. The average molecular weight is 637 g/mol. The predicted molar refractivity (Wildman–Crippen MR) is 153 cm³/mol. The summed E-state index contributed by atoms with van der Waals surface area (Å²) in [4.78, 5) is 17.9. The molecule has 0 spiro atoms. The van der Waals surface area contributed by atoms with Crippen LogP contribution < -0.4 is 10.1 Å². The van der Waals surface area contributed by atoms with Gasteiger partial charge in [-0.2, -0.15) is 0 Å². The standard InChI is InChI=1S/C30H28ClF3N2O6S/c1-41-22-4-2-3-17(9-22)15-42-35-16-30(38)13-19-5-6-20(14-30)28(19)43(39,40)26-10-18(7-8-23(26)31)29(37)36-21-11-24(32)27(34)25(33)12-21/h2-4,7-12,16,19-20,28,38H,5-6,13-15H2,1H3,(H,36,37)/b35-16+/t19-,20?,28+,30+/m0/s1. The highest BCUT2D eigenvalue weighted by atomic mass is 35.5. The lowest BCUT2D eigenvalue weighted by Crippen LogP contribution is -2.47. The van der Waals surface area contributed by atoms with E-state index in [0.29, 0.717) is 30.7 Å². The molecule has 3 aromatic rings. The van der Waals surface area contributed by atoms with E-state index in [0.717, 1.165) is 11.6 Å². The minimum absolute atomic E-state index is 0.0943. The Kier molecular flexibility index (Phi) is 8.73. The number of amides is 1. The summed E-state index contributed by atoms with van der Waals surface area (Å²) in [6, 6.07) is 12.1. The number of anilines is 1. The highest BCUT2D eigenvalue weighted by molar-refractivity contribution is 7.92. The van der Waals surface area contributed by atoms with Crippen molar-refractivity contribution >= 4 is 39.2 Å². The van der Waals surface area contributed by atoms with Gasteiger partial charge in [-0.25, -0.2) is 21.6 Å². The van der Waals surface area contributed by atoms with E-state index in [-0.39, 0.29) is 40.6 Å². The van der Waals surface area contributed by atoms with Crippen molar-refractivity contribution in [3.63, 3.8) is 0 Å². The molecule has 8 nitrogen and oxygen atoms in total. The Hall–Kier alpha value is -3.61. The number of halogens is 4. The topological polar surface area (TPSA) is 114 Å². The minimum atomic E-state index is -4.07. The van der Waals surface area contributed by atoms with Gasteiger partial charge in [-0.15, -0.1) is 0 Å². The highest BCUT2D eigenvalue weighted by Crippen LogP contribution is 2.51. The van der Waals surface area contributed by atoms with E-state index in [4.69, 9.17) is 21.2 Å². The van der Waals surface area contributed by atoms with E-state index in [2.05, 4.69) is 10.5 Å². The summed E-state index contributed by atoms with van der Waals surface area (Å²) in [5, 5.41) is 16.5. The number of hydrogen-bond acceptors (Lipinski definition) is 7. The van der Waals surface area contributed by atoms with Crippen LogP contribution in [0.3, 0.4) is 0 Å². The molecule has 0 aliphatic heterocycles. The van der Waals surface area contributed by atoms with E-state index in [1.165, 1.54) is 18.3 Å². The van der Waals surface area contributed by atoms with Crippen molar-refractivity contribution in [2.75, 3.05) is 12.4 Å². The van der Waals surface area contributed by atoms with Crippen LogP contribution in [0, 0.1) is 29.3 Å². The van der Waals surface area contributed by atoms with Gasteiger partial charge in [-0.1, -0.05) is 28.9 Å². The zero-order valence-electron chi connectivity index (χ0n) is 22.9. The maximum Gasteiger partial charge on any atom is 0.255 e. The summed E-state index contributed by atoms with van der Waals surface area (Å²) >= 11 is 6.30. The van der Waals surface area contributed by atoms with E-state index in [9.17, 15) is 31.5 Å². The maximum absolute atomic E-state index is 13.9. The van der Waals surface area contributed by atoms with Crippen molar-refractivity contribution < 1.29 is 41.1 Å². The van der Waals surface area contributed by atoms with Gasteiger partial charge in [0, 0.05) is 23.4 Å². The van der Waals surface area contributed by atoms with E-state index >= 15 is 0 Å². The van der Waals surface area contributed by atoms with Crippen molar-refractivity contribution in [2.45, 2.75) is 48.0 Å². The third kappa shape index (κ3) is 6.51. The van der Waals surface area contributed by atoms with Crippen LogP contribution in [0.25, 0.3) is 0 Å². The number of fused-ring (bicyclic) bond motifs is 2. The zero-order valence-corrected chi connectivity index (χ0v) is 24.5. The number of methoxy groups -OCH3 is 1. The zero-order chi connectivity index (χ0) is 30.9. The number of ether oxygens (including phenoxy) is 1. The molecule has 2 bridgehead atoms. The molecule has 4 atom stereocenters. The van der Waals surface area contributed by atoms with Gasteiger partial charge in [0.2, 0.25) is 0 Å². The van der Waals surface area contributed by atoms with Gasteiger partial charge in [0.05, 0.1) is 28.5 Å². The molecule has 5 rings (SSSR count). The van der Waals surface area contributed by atoms with Crippen LogP contribution in [0.1, 0.15) is 41.6 Å². The van der Waals surface area contributed by atoms with Gasteiger partial charge >= 0.3 is 0 Å². The molecule has 0 aromatic heterocycles. The fourth-order valence-corrected chi connectivity index (χ4v) is 8.87. The number of nitrogens with zero attached hydrogens (tertiary/aromatic N) is 1. The SMILES string of the molecule is COc1cccc(CO/N=C/[C@]2(O)CC3CC[C@@H](C2)[C@H]3S(=O)(=O)c2cc(C(=O)Nc3cc(F)c(F)c(F)c3)ccc2Cl)c1. The quantitative estimate of drug-likeness (QED) is 0.171. The number of carbonyl (C=O) groups is 1. The smallest absolute Gasteiger partial charge is 0.255 e. The Labute approximate surface area is 251 Å². The molecule has 2 fully saturated rings. The summed E-state index contributed by atoms with van der Waals surface area (Å²) in [5.41, 5.74) is -1.02. The van der Waals surface area contributed by atoms with Crippen molar-refractivity contribution in [3.8, 4) is 5.75 Å². The average Bonchev–Trinajstić information content (AvgIpc) is 3.27. The highest BCUT2D eigenvalue weighted by Gasteiger charge is 2.54. The second-order valence-electron chi connectivity index (χ2n) is 10.8. The summed E-state index contributed by atoms with van der Waals surface area (Å²) in [6.07, 6.45) is 2.72. The molecule has 2 saturated carbocycles. The molecular weight excluding hydrogens is 609 g/mol. The Balaban J connectivity index is 1.29. The monoisotopic (exact) mass is 636 g/mol. The van der Waals surface area contributed by atoms with Crippen LogP contribution in [0.5, 0.6) is 5.75 Å². The molecule has 2 aliphatic rings. The summed E-state index contributed by atoms with van der Waals surface area (Å²) in [7, 11) is -2.52. The van der Waals surface area contributed by atoms with Gasteiger partial charge in [0.25, 0.3) is 5.91 Å². The lowest BCUT2D eigenvalue weighted by atomic mass is 9.78. The minimum Gasteiger partial charge on any atom is -0.497 e. The molecular formula is C30H28ClF3N2O6S. The molecule has 13 heteroatoms. The first-order chi connectivity index (χ1) is 20.4. The fourth-order valence-electron chi connectivity index (χ4n) is 6.03. The number of aliphatic hydroxyl groups is 1.